The van der Waals surface area contributed by atoms with E-state index in [2.05, 4.69) is 10.3 Å². The van der Waals surface area contributed by atoms with Crippen molar-refractivity contribution in [3.05, 3.63) is 50.6 Å². The highest BCUT2D eigenvalue weighted by atomic mass is 35.5. The second-order valence-electron chi connectivity index (χ2n) is 3.73. The molecule has 20 heavy (non-hydrogen) atoms. The molecule has 1 heterocycles. The van der Waals surface area contributed by atoms with Crippen molar-refractivity contribution in [2.45, 2.75) is 0 Å². The molecule has 0 amide bonds. The number of halogens is 2. The van der Waals surface area contributed by atoms with E-state index in [0.29, 0.717) is 16.5 Å². The number of pyridine rings is 1. The number of nitro groups is 1. The Morgan fingerprint density at radius 1 is 1.30 bits per heavy atom. The first-order chi connectivity index (χ1) is 9.51. The Kier molecular flexibility index (Phi) is 4.26. The first-order valence-corrected chi connectivity index (χ1v) is 6.18. The van der Waals surface area contributed by atoms with E-state index < -0.39 is 4.92 Å². The summed E-state index contributed by atoms with van der Waals surface area (Å²) >= 11 is 11.7. The van der Waals surface area contributed by atoms with Crippen LogP contribution < -0.4 is 10.1 Å². The normalized spacial score (nSPS) is 10.2. The van der Waals surface area contributed by atoms with E-state index in [9.17, 15) is 10.1 Å². The van der Waals surface area contributed by atoms with Gasteiger partial charge in [0.05, 0.1) is 17.1 Å². The van der Waals surface area contributed by atoms with Crippen LogP contribution in [-0.4, -0.2) is 17.0 Å². The van der Waals surface area contributed by atoms with Gasteiger partial charge >= 0.3 is 5.69 Å². The summed E-state index contributed by atoms with van der Waals surface area (Å²) in [5.41, 5.74) is 0.356. The van der Waals surface area contributed by atoms with Crippen molar-refractivity contribution in [1.82, 2.24) is 4.98 Å². The lowest BCUT2D eigenvalue weighted by Crippen LogP contribution is -2.00. The highest BCUT2D eigenvalue weighted by molar-refractivity contribution is 6.32. The molecule has 2 aromatic rings. The molecule has 0 aliphatic carbocycles. The van der Waals surface area contributed by atoms with Crippen molar-refractivity contribution >= 4 is 40.4 Å². The summed E-state index contributed by atoms with van der Waals surface area (Å²) in [4.78, 5) is 14.3. The summed E-state index contributed by atoms with van der Waals surface area (Å²) < 4.78 is 5.03. The van der Waals surface area contributed by atoms with Crippen LogP contribution in [-0.2, 0) is 0 Å². The number of ether oxygens (including phenoxy) is 1. The molecule has 104 valence electrons. The van der Waals surface area contributed by atoms with Crippen LogP contribution in [0, 0.1) is 10.1 Å². The van der Waals surface area contributed by atoms with Crippen molar-refractivity contribution in [1.29, 1.82) is 0 Å². The number of rotatable bonds is 4. The van der Waals surface area contributed by atoms with Crippen LogP contribution in [0.25, 0.3) is 0 Å². The average molecular weight is 314 g/mol. The first kappa shape index (κ1) is 14.4. The van der Waals surface area contributed by atoms with E-state index in [1.807, 2.05) is 0 Å². The van der Waals surface area contributed by atoms with Gasteiger partial charge in [-0.3, -0.25) is 10.1 Å². The van der Waals surface area contributed by atoms with Crippen molar-refractivity contribution in [3.63, 3.8) is 0 Å². The number of aromatic nitrogens is 1. The van der Waals surface area contributed by atoms with Gasteiger partial charge in [-0.25, -0.2) is 4.98 Å². The summed E-state index contributed by atoms with van der Waals surface area (Å²) in [6.45, 7) is 0. The van der Waals surface area contributed by atoms with Crippen LogP contribution in [0.15, 0.2) is 30.3 Å². The molecule has 0 unspecified atom stereocenters. The van der Waals surface area contributed by atoms with Crippen LogP contribution in [0.1, 0.15) is 0 Å². The third kappa shape index (κ3) is 3.09. The minimum Gasteiger partial charge on any atom is -0.495 e. The summed E-state index contributed by atoms with van der Waals surface area (Å²) in [5.74, 6) is 0.550. The number of nitrogens with one attached hydrogen (secondary N) is 1. The Balaban J connectivity index is 2.36. The van der Waals surface area contributed by atoms with Crippen molar-refractivity contribution in [3.8, 4) is 5.75 Å². The molecule has 2 rings (SSSR count). The summed E-state index contributed by atoms with van der Waals surface area (Å²) in [6, 6.07) is 7.51. The number of nitrogens with zero attached hydrogens (tertiary/aromatic N) is 2. The predicted molar refractivity (Wildman–Crippen MR) is 77.2 cm³/mol. The minimum absolute atomic E-state index is 0.0451. The lowest BCUT2D eigenvalue weighted by atomic mass is 10.3. The standard InChI is InChI=1S/C12H9Cl2N3O3/c1-20-10-4-2-7(6-8(10)13)15-12-9(17(18)19)3-5-11(14)16-12/h2-6H,1H3,(H,15,16). The van der Waals surface area contributed by atoms with Gasteiger partial charge in [-0.1, -0.05) is 23.2 Å². The van der Waals surface area contributed by atoms with Gasteiger partial charge in [-0.2, -0.15) is 0 Å². The quantitative estimate of drug-likeness (QED) is 0.523. The van der Waals surface area contributed by atoms with Gasteiger partial charge in [0.15, 0.2) is 0 Å². The summed E-state index contributed by atoms with van der Waals surface area (Å²) in [7, 11) is 1.50. The molecule has 8 heteroatoms. The Hall–Kier alpha value is -2.05. The average Bonchev–Trinajstić information content (AvgIpc) is 2.38. The maximum Gasteiger partial charge on any atom is 0.311 e. The lowest BCUT2D eigenvalue weighted by molar-refractivity contribution is -0.384. The third-order valence-corrected chi connectivity index (χ3v) is 2.96. The van der Waals surface area contributed by atoms with Gasteiger partial charge in [0.25, 0.3) is 0 Å². The number of methoxy groups -OCH3 is 1. The molecule has 0 atom stereocenters. The Labute approximate surface area is 124 Å². The second-order valence-corrected chi connectivity index (χ2v) is 4.53. The van der Waals surface area contributed by atoms with E-state index in [4.69, 9.17) is 27.9 Å². The van der Waals surface area contributed by atoms with E-state index in [-0.39, 0.29) is 16.7 Å². The topological polar surface area (TPSA) is 77.3 Å². The van der Waals surface area contributed by atoms with Gasteiger partial charge in [-0.15, -0.1) is 0 Å². The lowest BCUT2D eigenvalue weighted by Gasteiger charge is -2.08. The largest absolute Gasteiger partial charge is 0.495 e. The molecule has 0 fully saturated rings. The van der Waals surface area contributed by atoms with Gasteiger partial charge in [0.1, 0.15) is 10.9 Å². The van der Waals surface area contributed by atoms with Gasteiger partial charge in [0, 0.05) is 11.8 Å². The fraction of sp³-hybridized carbons (Fsp3) is 0.0833. The smallest absolute Gasteiger partial charge is 0.311 e. The second kappa shape index (κ2) is 5.94. The Morgan fingerprint density at radius 3 is 2.65 bits per heavy atom. The molecular weight excluding hydrogens is 305 g/mol. The number of hydrogen-bond acceptors (Lipinski definition) is 5. The fourth-order valence-corrected chi connectivity index (χ4v) is 1.95. The number of hydrogen-bond donors (Lipinski definition) is 1. The molecule has 0 aliphatic heterocycles. The molecule has 0 aliphatic rings. The van der Waals surface area contributed by atoms with E-state index in [1.165, 1.54) is 19.2 Å². The molecule has 1 N–H and O–H groups in total. The first-order valence-electron chi connectivity index (χ1n) is 5.43. The predicted octanol–water partition coefficient (Wildman–Crippen LogP) is 4.05. The molecular formula is C12H9Cl2N3O3. The van der Waals surface area contributed by atoms with E-state index >= 15 is 0 Å². The van der Waals surface area contributed by atoms with Crippen LogP contribution in [0.2, 0.25) is 10.2 Å². The molecule has 0 saturated heterocycles. The SMILES string of the molecule is COc1ccc(Nc2nc(Cl)ccc2[N+](=O)[O-])cc1Cl. The molecule has 1 aromatic heterocycles. The fourth-order valence-electron chi connectivity index (χ4n) is 1.55. The molecule has 0 saturated carbocycles. The van der Waals surface area contributed by atoms with Crippen molar-refractivity contribution in [2.24, 2.45) is 0 Å². The van der Waals surface area contributed by atoms with Crippen molar-refractivity contribution < 1.29 is 9.66 Å². The van der Waals surface area contributed by atoms with Crippen LogP contribution >= 0.6 is 23.2 Å². The molecule has 6 nitrogen and oxygen atoms in total. The maximum absolute atomic E-state index is 10.9. The third-order valence-electron chi connectivity index (χ3n) is 2.45. The monoisotopic (exact) mass is 313 g/mol. The number of anilines is 2. The zero-order chi connectivity index (χ0) is 14.7. The van der Waals surface area contributed by atoms with E-state index in [1.54, 1.807) is 18.2 Å². The zero-order valence-corrected chi connectivity index (χ0v) is 11.8. The zero-order valence-electron chi connectivity index (χ0n) is 10.3. The van der Waals surface area contributed by atoms with Crippen LogP contribution in [0.5, 0.6) is 5.75 Å². The molecule has 0 bridgehead atoms. The maximum atomic E-state index is 10.9. The van der Waals surface area contributed by atoms with Crippen LogP contribution in [0.3, 0.4) is 0 Å². The van der Waals surface area contributed by atoms with Gasteiger partial charge in [0.2, 0.25) is 5.82 Å². The molecule has 0 spiro atoms. The summed E-state index contributed by atoms with van der Waals surface area (Å²) in [6.07, 6.45) is 0. The van der Waals surface area contributed by atoms with Crippen molar-refractivity contribution in [2.75, 3.05) is 12.4 Å². The highest BCUT2D eigenvalue weighted by Crippen LogP contribution is 2.31. The van der Waals surface area contributed by atoms with Crippen LogP contribution in [0.4, 0.5) is 17.2 Å². The Morgan fingerprint density at radius 2 is 2.05 bits per heavy atom. The molecule has 1 aromatic carbocycles. The number of benzene rings is 1. The van der Waals surface area contributed by atoms with Gasteiger partial charge < -0.3 is 10.1 Å². The Bertz CT molecular complexity index is 664. The molecule has 0 radical (unpaired) electrons. The summed E-state index contributed by atoms with van der Waals surface area (Å²) in [5, 5.41) is 14.3. The minimum atomic E-state index is -0.545. The van der Waals surface area contributed by atoms with Gasteiger partial charge in [-0.05, 0) is 24.3 Å². The highest BCUT2D eigenvalue weighted by Gasteiger charge is 2.16. The van der Waals surface area contributed by atoms with E-state index in [0.717, 1.165) is 0 Å².